The first-order valence-corrected chi connectivity index (χ1v) is 9.57. The number of hydrogen-bond donors (Lipinski definition) is 4. The van der Waals surface area contributed by atoms with E-state index in [0.29, 0.717) is 10.9 Å². The van der Waals surface area contributed by atoms with E-state index in [4.69, 9.17) is 0 Å². The Labute approximate surface area is 172 Å². The van der Waals surface area contributed by atoms with Gasteiger partial charge in [-0.25, -0.2) is 0 Å². The van der Waals surface area contributed by atoms with Crippen molar-refractivity contribution in [2.75, 3.05) is 26.0 Å². The SMILES string of the molecule is CNC(=O)C1=C(O)C2C(=O)c3c(cc4c(N(C)C)ccc(O)c4c3O)CC2CC1=O. The first-order chi connectivity index (χ1) is 14.2. The summed E-state index contributed by atoms with van der Waals surface area (Å²) >= 11 is 0. The van der Waals surface area contributed by atoms with E-state index in [1.807, 2.05) is 19.0 Å². The smallest absolute Gasteiger partial charge is 0.258 e. The number of nitrogens with zero attached hydrogens (tertiary/aromatic N) is 1. The molecular formula is C22H22N2O6. The molecule has 0 bridgehead atoms. The number of Topliss-reactive ketones (excluding diaryl/α,β-unsaturated/α-hetero) is 2. The van der Waals surface area contributed by atoms with Gasteiger partial charge in [-0.2, -0.15) is 0 Å². The zero-order chi connectivity index (χ0) is 21.9. The van der Waals surface area contributed by atoms with E-state index in [2.05, 4.69) is 5.32 Å². The van der Waals surface area contributed by atoms with Crippen LogP contribution < -0.4 is 10.2 Å². The molecule has 2 aromatic carbocycles. The normalized spacial score (nSPS) is 20.8. The van der Waals surface area contributed by atoms with Crippen molar-refractivity contribution >= 4 is 33.9 Å². The first-order valence-electron chi connectivity index (χ1n) is 9.57. The maximum Gasteiger partial charge on any atom is 0.258 e. The van der Waals surface area contributed by atoms with Crippen LogP contribution in [0.4, 0.5) is 5.69 Å². The summed E-state index contributed by atoms with van der Waals surface area (Å²) in [5, 5.41) is 35.0. The number of hydrogen-bond acceptors (Lipinski definition) is 7. The number of nitrogens with one attached hydrogen (secondary N) is 1. The number of amides is 1. The third-order valence-electron chi connectivity index (χ3n) is 6.01. The number of likely N-dealkylation sites (N-methyl/N-ethyl adjacent to an activating group) is 1. The molecule has 0 radical (unpaired) electrons. The Hall–Kier alpha value is -3.55. The third-order valence-corrected chi connectivity index (χ3v) is 6.01. The molecule has 2 atom stereocenters. The van der Waals surface area contributed by atoms with E-state index in [9.17, 15) is 29.7 Å². The predicted molar refractivity (Wildman–Crippen MR) is 110 cm³/mol. The molecule has 4 rings (SSSR count). The molecule has 156 valence electrons. The Morgan fingerprint density at radius 3 is 2.47 bits per heavy atom. The zero-order valence-corrected chi connectivity index (χ0v) is 16.8. The van der Waals surface area contributed by atoms with E-state index in [1.54, 1.807) is 12.1 Å². The van der Waals surface area contributed by atoms with Crippen molar-refractivity contribution in [2.24, 2.45) is 11.8 Å². The van der Waals surface area contributed by atoms with Crippen LogP contribution in [0.2, 0.25) is 0 Å². The van der Waals surface area contributed by atoms with Crippen LogP contribution in [0.15, 0.2) is 29.5 Å². The van der Waals surface area contributed by atoms with Gasteiger partial charge in [0.25, 0.3) is 5.91 Å². The number of fused-ring (bicyclic) bond motifs is 3. The van der Waals surface area contributed by atoms with Crippen molar-refractivity contribution in [3.8, 4) is 11.5 Å². The fraction of sp³-hybridized carbons (Fsp3) is 0.318. The molecule has 2 aliphatic carbocycles. The number of rotatable bonds is 2. The highest BCUT2D eigenvalue weighted by Gasteiger charge is 2.47. The van der Waals surface area contributed by atoms with Crippen LogP contribution in [0, 0.1) is 11.8 Å². The van der Waals surface area contributed by atoms with E-state index >= 15 is 0 Å². The van der Waals surface area contributed by atoms with Crippen molar-refractivity contribution in [3.05, 3.63) is 40.7 Å². The molecule has 0 aliphatic heterocycles. The van der Waals surface area contributed by atoms with Gasteiger partial charge < -0.3 is 25.5 Å². The van der Waals surface area contributed by atoms with Gasteiger partial charge >= 0.3 is 0 Å². The summed E-state index contributed by atoms with van der Waals surface area (Å²) in [6, 6.07) is 4.90. The topological polar surface area (TPSA) is 127 Å². The van der Waals surface area contributed by atoms with E-state index < -0.39 is 40.6 Å². The second kappa shape index (κ2) is 6.76. The molecule has 0 heterocycles. The minimum absolute atomic E-state index is 0.00658. The van der Waals surface area contributed by atoms with Crippen molar-refractivity contribution in [3.63, 3.8) is 0 Å². The molecule has 8 heteroatoms. The van der Waals surface area contributed by atoms with Crippen molar-refractivity contribution in [1.29, 1.82) is 0 Å². The van der Waals surface area contributed by atoms with Gasteiger partial charge in [0.2, 0.25) is 0 Å². The lowest BCUT2D eigenvalue weighted by Crippen LogP contribution is -2.41. The van der Waals surface area contributed by atoms with Gasteiger partial charge in [-0.3, -0.25) is 14.4 Å². The second-order valence-electron chi connectivity index (χ2n) is 7.95. The zero-order valence-electron chi connectivity index (χ0n) is 16.8. The molecule has 2 aromatic rings. The predicted octanol–water partition coefficient (Wildman–Crippen LogP) is 1.82. The molecule has 2 unspecified atom stereocenters. The fourth-order valence-corrected chi connectivity index (χ4v) is 4.66. The van der Waals surface area contributed by atoms with Crippen LogP contribution in [0.25, 0.3) is 10.8 Å². The van der Waals surface area contributed by atoms with Crippen molar-refractivity contribution in [1.82, 2.24) is 5.32 Å². The largest absolute Gasteiger partial charge is 0.511 e. The standard InChI is InChI=1S/C22H22N2O6/c1-23-22(30)18-14(26)8-10-6-9-7-11-12(24(2)3)4-5-13(25)17(11)20(28)15(9)19(27)16(10)21(18)29/h4-5,7,10,16,25,28-29H,6,8H2,1-3H3,(H,23,30). The number of phenols is 2. The van der Waals surface area contributed by atoms with Crippen LogP contribution >= 0.6 is 0 Å². The minimum atomic E-state index is -1.09. The molecule has 2 aliphatic rings. The van der Waals surface area contributed by atoms with Crippen molar-refractivity contribution < 1.29 is 29.7 Å². The summed E-state index contributed by atoms with van der Waals surface area (Å²) in [6.45, 7) is 0. The Kier molecular flexibility index (Phi) is 4.45. The summed E-state index contributed by atoms with van der Waals surface area (Å²) in [5.41, 5.74) is 0.893. The number of benzene rings is 2. The number of phenolic OH excluding ortho intramolecular Hbond substituents is 2. The molecule has 30 heavy (non-hydrogen) atoms. The highest BCUT2D eigenvalue weighted by Crippen LogP contribution is 2.48. The van der Waals surface area contributed by atoms with Crippen LogP contribution in [-0.4, -0.2) is 53.9 Å². The number of aromatic hydroxyl groups is 2. The molecule has 4 N–H and O–H groups in total. The van der Waals surface area contributed by atoms with Gasteiger partial charge in [0.1, 0.15) is 22.8 Å². The highest BCUT2D eigenvalue weighted by atomic mass is 16.3. The molecule has 1 amide bonds. The number of allylic oxidation sites excluding steroid dienone is 1. The number of anilines is 1. The lowest BCUT2D eigenvalue weighted by atomic mass is 9.67. The molecule has 8 nitrogen and oxygen atoms in total. The monoisotopic (exact) mass is 410 g/mol. The van der Waals surface area contributed by atoms with E-state index in [1.165, 1.54) is 13.1 Å². The maximum atomic E-state index is 13.3. The average Bonchev–Trinajstić information content (AvgIpc) is 2.66. The second-order valence-corrected chi connectivity index (χ2v) is 7.95. The Balaban J connectivity index is 1.96. The fourth-order valence-electron chi connectivity index (χ4n) is 4.66. The van der Waals surface area contributed by atoms with Crippen molar-refractivity contribution in [2.45, 2.75) is 12.8 Å². The Morgan fingerprint density at radius 2 is 1.83 bits per heavy atom. The number of carbonyl (C=O) groups excluding carboxylic acids is 3. The van der Waals surface area contributed by atoms with Gasteiger partial charge in [-0.1, -0.05) is 0 Å². The third kappa shape index (κ3) is 2.63. The van der Waals surface area contributed by atoms with Crippen LogP contribution in [-0.2, 0) is 16.0 Å². The van der Waals surface area contributed by atoms with E-state index in [-0.39, 0.29) is 35.3 Å². The van der Waals surface area contributed by atoms with E-state index in [0.717, 1.165) is 5.69 Å². The summed E-state index contributed by atoms with van der Waals surface area (Å²) in [4.78, 5) is 39.7. The summed E-state index contributed by atoms with van der Waals surface area (Å²) in [5.74, 6) is -4.52. The lowest BCUT2D eigenvalue weighted by Gasteiger charge is -2.35. The van der Waals surface area contributed by atoms with Crippen LogP contribution in [0.3, 0.4) is 0 Å². The quantitative estimate of drug-likeness (QED) is 0.556. The van der Waals surface area contributed by atoms with Gasteiger partial charge in [0.05, 0.1) is 16.9 Å². The summed E-state index contributed by atoms with van der Waals surface area (Å²) in [7, 11) is 4.99. The summed E-state index contributed by atoms with van der Waals surface area (Å²) in [6.07, 6.45) is 0.219. The Morgan fingerprint density at radius 1 is 1.13 bits per heavy atom. The minimum Gasteiger partial charge on any atom is -0.511 e. The number of aliphatic hydroxyl groups is 1. The molecular weight excluding hydrogens is 388 g/mol. The van der Waals surface area contributed by atoms with Crippen LogP contribution in [0.5, 0.6) is 11.5 Å². The van der Waals surface area contributed by atoms with Gasteiger partial charge in [-0.05, 0) is 36.1 Å². The van der Waals surface area contributed by atoms with Crippen LogP contribution in [0.1, 0.15) is 22.3 Å². The maximum absolute atomic E-state index is 13.3. The molecule has 0 saturated carbocycles. The lowest BCUT2D eigenvalue weighted by molar-refractivity contribution is -0.124. The number of carbonyl (C=O) groups is 3. The summed E-state index contributed by atoms with van der Waals surface area (Å²) < 4.78 is 0. The number of aliphatic hydroxyl groups excluding tert-OH is 1. The highest BCUT2D eigenvalue weighted by molar-refractivity contribution is 6.22. The van der Waals surface area contributed by atoms with Gasteiger partial charge in [0.15, 0.2) is 11.6 Å². The Bertz CT molecular complexity index is 1160. The molecule has 0 fully saturated rings. The number of ketones is 2. The molecule has 0 aromatic heterocycles. The van der Waals surface area contributed by atoms with Gasteiger partial charge in [-0.15, -0.1) is 0 Å². The average molecular weight is 410 g/mol. The molecule has 0 saturated heterocycles. The van der Waals surface area contributed by atoms with Gasteiger partial charge in [0, 0.05) is 38.6 Å². The first kappa shape index (κ1) is 19.8. The molecule has 0 spiro atoms.